The number of carbonyl (C=O) groups excluding carboxylic acids is 2. The van der Waals surface area contributed by atoms with Crippen molar-refractivity contribution in [1.29, 1.82) is 0 Å². The summed E-state index contributed by atoms with van der Waals surface area (Å²) >= 11 is 0. The molecular weight excluding hydrogens is 338 g/mol. The second kappa shape index (κ2) is 8.71. The van der Waals surface area contributed by atoms with Crippen molar-refractivity contribution < 1.29 is 9.59 Å². The summed E-state index contributed by atoms with van der Waals surface area (Å²) in [5.41, 5.74) is 3.98. The van der Waals surface area contributed by atoms with Crippen LogP contribution in [0, 0.1) is 0 Å². The number of rotatable bonds is 7. The molecule has 0 saturated heterocycles. The Bertz CT molecular complexity index is 804. The second-order valence-corrected chi connectivity index (χ2v) is 7.05. The van der Waals surface area contributed by atoms with Gasteiger partial charge >= 0.3 is 0 Å². The van der Waals surface area contributed by atoms with Gasteiger partial charge in [0.05, 0.1) is 6.04 Å². The van der Waals surface area contributed by atoms with E-state index in [1.165, 1.54) is 0 Å². The fourth-order valence-corrected chi connectivity index (χ4v) is 3.38. The summed E-state index contributed by atoms with van der Waals surface area (Å²) in [5.74, 6) is 0.0298. The Morgan fingerprint density at radius 2 is 1.93 bits per heavy atom. The highest BCUT2D eigenvalue weighted by Crippen LogP contribution is 2.26. The first kappa shape index (κ1) is 19.0. The van der Waals surface area contributed by atoms with E-state index >= 15 is 0 Å². The highest BCUT2D eigenvalue weighted by atomic mass is 16.2. The Kier molecular flexibility index (Phi) is 6.12. The molecule has 1 aliphatic heterocycles. The molecule has 0 aliphatic carbocycles. The van der Waals surface area contributed by atoms with Gasteiger partial charge in [0, 0.05) is 17.8 Å². The highest BCUT2D eigenvalue weighted by Gasteiger charge is 2.20. The summed E-state index contributed by atoms with van der Waals surface area (Å²) < 4.78 is 0. The van der Waals surface area contributed by atoms with Crippen LogP contribution in [0.5, 0.6) is 0 Å². The van der Waals surface area contributed by atoms with E-state index in [9.17, 15) is 9.59 Å². The number of hydrogen-bond acceptors (Lipinski definition) is 3. The van der Waals surface area contributed by atoms with Crippen LogP contribution in [0.2, 0.25) is 0 Å². The molecule has 1 aliphatic rings. The van der Waals surface area contributed by atoms with E-state index in [2.05, 4.69) is 35.0 Å². The van der Waals surface area contributed by atoms with Crippen LogP contribution in [0.1, 0.15) is 50.3 Å². The Hall–Kier alpha value is -2.82. The fourth-order valence-electron chi connectivity index (χ4n) is 3.38. The maximum Gasteiger partial charge on any atom is 0.242 e. The van der Waals surface area contributed by atoms with E-state index in [1.807, 2.05) is 43.3 Å². The van der Waals surface area contributed by atoms with Gasteiger partial charge in [-0.05, 0) is 49.1 Å². The van der Waals surface area contributed by atoms with Crippen molar-refractivity contribution in [2.24, 2.45) is 0 Å². The minimum absolute atomic E-state index is 0.0201. The molecule has 0 fully saturated rings. The molecule has 2 amide bonds. The van der Waals surface area contributed by atoms with Crippen LogP contribution in [-0.2, 0) is 16.0 Å². The molecule has 0 aromatic heterocycles. The Balaban J connectivity index is 1.64. The number of amides is 2. The Morgan fingerprint density at radius 1 is 1.15 bits per heavy atom. The zero-order valence-electron chi connectivity index (χ0n) is 15.9. The van der Waals surface area contributed by atoms with Gasteiger partial charge in [-0.1, -0.05) is 43.7 Å². The summed E-state index contributed by atoms with van der Waals surface area (Å²) in [4.78, 5) is 24.2. The largest absolute Gasteiger partial charge is 0.374 e. The summed E-state index contributed by atoms with van der Waals surface area (Å²) in [7, 11) is 0. The van der Waals surface area contributed by atoms with Crippen molar-refractivity contribution in [2.45, 2.75) is 51.6 Å². The monoisotopic (exact) mass is 365 g/mol. The van der Waals surface area contributed by atoms with Crippen molar-refractivity contribution in [1.82, 2.24) is 5.32 Å². The number of hydrogen-bond donors (Lipinski definition) is 3. The molecule has 142 valence electrons. The molecule has 0 bridgehead atoms. The van der Waals surface area contributed by atoms with E-state index in [1.54, 1.807) is 0 Å². The van der Waals surface area contributed by atoms with Crippen LogP contribution in [0.4, 0.5) is 11.4 Å². The third kappa shape index (κ3) is 4.88. The highest BCUT2D eigenvalue weighted by molar-refractivity contribution is 5.94. The first-order valence-corrected chi connectivity index (χ1v) is 9.61. The minimum atomic E-state index is -0.357. The standard InChI is InChI=1S/C22H27N3O2/c1-3-7-19(16-8-5-4-6-9-16)25-22(27)15(2)23-18-11-12-20-17(14-18)10-13-21(26)24-20/h4-6,8-9,11-12,14-15,19,23H,3,7,10,13H2,1-2H3,(H,24,26)(H,25,27). The topological polar surface area (TPSA) is 70.2 Å². The van der Waals surface area contributed by atoms with E-state index in [0.29, 0.717) is 6.42 Å². The van der Waals surface area contributed by atoms with Crippen molar-refractivity contribution in [3.63, 3.8) is 0 Å². The minimum Gasteiger partial charge on any atom is -0.374 e. The zero-order chi connectivity index (χ0) is 19.2. The van der Waals surface area contributed by atoms with Gasteiger partial charge in [0.1, 0.15) is 6.04 Å². The second-order valence-electron chi connectivity index (χ2n) is 7.05. The van der Waals surface area contributed by atoms with Crippen molar-refractivity contribution in [2.75, 3.05) is 10.6 Å². The Labute approximate surface area is 160 Å². The van der Waals surface area contributed by atoms with Gasteiger partial charge in [0.25, 0.3) is 0 Å². The normalized spacial score (nSPS) is 15.3. The molecule has 27 heavy (non-hydrogen) atoms. The van der Waals surface area contributed by atoms with Gasteiger partial charge in [-0.2, -0.15) is 0 Å². The number of nitrogens with one attached hydrogen (secondary N) is 3. The lowest BCUT2D eigenvalue weighted by atomic mass is 10.0. The van der Waals surface area contributed by atoms with E-state index in [0.717, 1.165) is 41.8 Å². The SMILES string of the molecule is CCCC(NC(=O)C(C)Nc1ccc2c(c1)CCC(=O)N2)c1ccccc1. The van der Waals surface area contributed by atoms with E-state index < -0.39 is 0 Å². The molecule has 0 saturated carbocycles. The zero-order valence-corrected chi connectivity index (χ0v) is 15.9. The quantitative estimate of drug-likeness (QED) is 0.694. The molecule has 2 aromatic rings. The van der Waals surface area contributed by atoms with Crippen LogP contribution in [0.25, 0.3) is 0 Å². The predicted octanol–water partition coefficient (Wildman–Crippen LogP) is 4.03. The Morgan fingerprint density at radius 3 is 2.67 bits per heavy atom. The summed E-state index contributed by atoms with van der Waals surface area (Å²) in [6.45, 7) is 3.99. The van der Waals surface area contributed by atoms with Crippen LogP contribution >= 0.6 is 0 Å². The summed E-state index contributed by atoms with van der Waals surface area (Å²) in [5, 5.41) is 9.32. The van der Waals surface area contributed by atoms with Gasteiger partial charge < -0.3 is 16.0 Å². The fraction of sp³-hybridized carbons (Fsp3) is 0.364. The lowest BCUT2D eigenvalue weighted by molar-refractivity contribution is -0.122. The predicted molar refractivity (Wildman–Crippen MR) is 109 cm³/mol. The molecule has 2 aromatic carbocycles. The molecule has 0 radical (unpaired) electrons. The third-order valence-corrected chi connectivity index (χ3v) is 4.87. The molecule has 5 heteroatoms. The van der Waals surface area contributed by atoms with E-state index in [-0.39, 0.29) is 23.9 Å². The molecular formula is C22H27N3O2. The van der Waals surface area contributed by atoms with Crippen LogP contribution in [-0.4, -0.2) is 17.9 Å². The molecule has 1 heterocycles. The van der Waals surface area contributed by atoms with Crippen LogP contribution in [0.15, 0.2) is 48.5 Å². The average Bonchev–Trinajstić information content (AvgIpc) is 2.68. The number of fused-ring (bicyclic) bond motifs is 1. The van der Waals surface area contributed by atoms with Gasteiger partial charge in [-0.3, -0.25) is 9.59 Å². The van der Waals surface area contributed by atoms with Crippen molar-refractivity contribution >= 4 is 23.2 Å². The lowest BCUT2D eigenvalue weighted by Gasteiger charge is -2.23. The lowest BCUT2D eigenvalue weighted by Crippen LogP contribution is -2.39. The maximum absolute atomic E-state index is 12.7. The van der Waals surface area contributed by atoms with Crippen LogP contribution < -0.4 is 16.0 Å². The van der Waals surface area contributed by atoms with Gasteiger partial charge in [0.15, 0.2) is 0 Å². The molecule has 3 rings (SSSR count). The summed E-state index contributed by atoms with van der Waals surface area (Å²) in [6, 6.07) is 15.5. The number of aryl methyl sites for hydroxylation is 1. The molecule has 3 N–H and O–H groups in total. The average molecular weight is 365 g/mol. The van der Waals surface area contributed by atoms with Crippen LogP contribution in [0.3, 0.4) is 0 Å². The summed E-state index contributed by atoms with van der Waals surface area (Å²) in [6.07, 6.45) is 3.13. The van der Waals surface area contributed by atoms with Gasteiger partial charge in [0.2, 0.25) is 11.8 Å². The third-order valence-electron chi connectivity index (χ3n) is 4.87. The van der Waals surface area contributed by atoms with Gasteiger partial charge in [-0.15, -0.1) is 0 Å². The first-order valence-electron chi connectivity index (χ1n) is 9.61. The van der Waals surface area contributed by atoms with E-state index in [4.69, 9.17) is 0 Å². The molecule has 0 spiro atoms. The van der Waals surface area contributed by atoms with Gasteiger partial charge in [-0.25, -0.2) is 0 Å². The van der Waals surface area contributed by atoms with Crippen molar-refractivity contribution in [3.8, 4) is 0 Å². The number of anilines is 2. The smallest absolute Gasteiger partial charge is 0.242 e. The van der Waals surface area contributed by atoms with Crippen molar-refractivity contribution in [3.05, 3.63) is 59.7 Å². The molecule has 2 atom stereocenters. The first-order chi connectivity index (χ1) is 13.1. The maximum atomic E-state index is 12.7. The molecule has 5 nitrogen and oxygen atoms in total. The number of carbonyl (C=O) groups is 2. The number of benzene rings is 2. The molecule has 2 unspecified atom stereocenters.